The van der Waals surface area contributed by atoms with Crippen molar-refractivity contribution in [3.63, 3.8) is 0 Å². The van der Waals surface area contributed by atoms with Gasteiger partial charge in [-0.1, -0.05) is 18.2 Å². The van der Waals surface area contributed by atoms with Gasteiger partial charge in [0.25, 0.3) is 11.8 Å². The van der Waals surface area contributed by atoms with Crippen LogP contribution in [0.1, 0.15) is 31.2 Å². The van der Waals surface area contributed by atoms with E-state index in [2.05, 4.69) is 15.3 Å². The van der Waals surface area contributed by atoms with Gasteiger partial charge in [0.15, 0.2) is 5.13 Å². The zero-order valence-electron chi connectivity index (χ0n) is 17.7. The van der Waals surface area contributed by atoms with Crippen LogP contribution < -0.4 is 10.2 Å². The van der Waals surface area contributed by atoms with E-state index >= 15 is 0 Å². The fraction of sp³-hybridized carbons (Fsp3) is 0.120. The van der Waals surface area contributed by atoms with Crippen LogP contribution in [0.4, 0.5) is 15.2 Å². The van der Waals surface area contributed by atoms with Gasteiger partial charge in [0.2, 0.25) is 0 Å². The number of aromatic nitrogens is 2. The Labute approximate surface area is 193 Å². The Morgan fingerprint density at radius 2 is 1.97 bits per heavy atom. The van der Waals surface area contributed by atoms with Gasteiger partial charge in [0.05, 0.1) is 16.8 Å². The predicted molar refractivity (Wildman–Crippen MR) is 126 cm³/mol. The van der Waals surface area contributed by atoms with Gasteiger partial charge in [-0.25, -0.2) is 9.37 Å². The Balaban J connectivity index is 1.39. The minimum absolute atomic E-state index is 0.0683. The highest BCUT2D eigenvalue weighted by Gasteiger charge is 2.27. The standard InChI is InChI=1S/C25H19FN4O2S/c1-15-22(28-25(33-15)29-23(31)18-5-4-11-27-14-18)17-8-9-21-16(13-17)10-12-30(21)24(32)19-6-2-3-7-20(19)26/h2-9,11,13-14H,10,12H2,1H3,(H,28,29,31). The summed E-state index contributed by atoms with van der Waals surface area (Å²) in [5, 5.41) is 3.33. The molecule has 2 aromatic carbocycles. The number of amides is 2. The van der Waals surface area contributed by atoms with Crippen molar-refractivity contribution in [1.29, 1.82) is 0 Å². The molecule has 164 valence electrons. The molecule has 2 aromatic heterocycles. The first-order chi connectivity index (χ1) is 16.0. The van der Waals surface area contributed by atoms with E-state index in [0.29, 0.717) is 23.7 Å². The number of carbonyl (C=O) groups is 2. The van der Waals surface area contributed by atoms with Crippen LogP contribution in [-0.4, -0.2) is 28.3 Å². The zero-order valence-corrected chi connectivity index (χ0v) is 18.5. The maximum absolute atomic E-state index is 14.1. The third-order valence-corrected chi connectivity index (χ3v) is 6.42. The molecule has 0 spiro atoms. The molecular weight excluding hydrogens is 439 g/mol. The smallest absolute Gasteiger partial charge is 0.261 e. The first-order valence-electron chi connectivity index (χ1n) is 10.4. The molecule has 1 aliphatic rings. The lowest BCUT2D eigenvalue weighted by molar-refractivity contribution is 0.0984. The first-order valence-corrected chi connectivity index (χ1v) is 11.2. The van der Waals surface area contributed by atoms with Crippen LogP contribution in [0.5, 0.6) is 0 Å². The minimum Gasteiger partial charge on any atom is -0.308 e. The van der Waals surface area contributed by atoms with Crippen LogP contribution in [0.15, 0.2) is 67.0 Å². The van der Waals surface area contributed by atoms with Crippen molar-refractivity contribution in [2.45, 2.75) is 13.3 Å². The lowest BCUT2D eigenvalue weighted by atomic mass is 10.1. The third kappa shape index (κ3) is 4.01. The molecule has 0 unspecified atom stereocenters. The number of fused-ring (bicyclic) bond motifs is 1. The predicted octanol–water partition coefficient (Wildman–Crippen LogP) is 5.11. The number of nitrogens with zero attached hydrogens (tertiary/aromatic N) is 3. The molecule has 8 heteroatoms. The van der Waals surface area contributed by atoms with Gasteiger partial charge in [-0.05, 0) is 55.3 Å². The van der Waals surface area contributed by atoms with Crippen molar-refractivity contribution in [3.05, 3.63) is 94.4 Å². The summed E-state index contributed by atoms with van der Waals surface area (Å²) in [5.74, 6) is -1.13. The Bertz CT molecular complexity index is 1370. The first kappa shape index (κ1) is 21.0. The van der Waals surface area contributed by atoms with Crippen LogP contribution in [0.25, 0.3) is 11.3 Å². The molecule has 3 heterocycles. The normalized spacial score (nSPS) is 12.5. The van der Waals surface area contributed by atoms with Crippen LogP contribution >= 0.6 is 11.3 Å². The number of benzene rings is 2. The van der Waals surface area contributed by atoms with Crippen molar-refractivity contribution in [2.24, 2.45) is 0 Å². The summed E-state index contributed by atoms with van der Waals surface area (Å²) in [7, 11) is 0. The Hall–Kier alpha value is -3.91. The summed E-state index contributed by atoms with van der Waals surface area (Å²) < 4.78 is 14.1. The van der Waals surface area contributed by atoms with Crippen LogP contribution in [0.2, 0.25) is 0 Å². The van der Waals surface area contributed by atoms with Crippen molar-refractivity contribution < 1.29 is 14.0 Å². The summed E-state index contributed by atoms with van der Waals surface area (Å²) in [4.78, 5) is 36.5. The molecule has 1 N–H and O–H groups in total. The van der Waals surface area contributed by atoms with Gasteiger partial charge < -0.3 is 4.90 Å². The van der Waals surface area contributed by atoms with Crippen LogP contribution in [0.3, 0.4) is 0 Å². The van der Waals surface area contributed by atoms with Gasteiger partial charge in [-0.2, -0.15) is 0 Å². The maximum atomic E-state index is 14.1. The average molecular weight is 459 g/mol. The number of hydrogen-bond donors (Lipinski definition) is 1. The van der Waals surface area contributed by atoms with Crippen LogP contribution in [0, 0.1) is 12.7 Å². The molecule has 0 saturated carbocycles. The molecule has 0 atom stereocenters. The summed E-state index contributed by atoms with van der Waals surface area (Å²) in [6, 6.07) is 15.2. The molecule has 1 aliphatic heterocycles. The molecule has 0 radical (unpaired) electrons. The number of carbonyl (C=O) groups excluding carboxylic acids is 2. The molecule has 4 aromatic rings. The van der Waals surface area contributed by atoms with E-state index in [4.69, 9.17) is 0 Å². The molecular formula is C25H19FN4O2S. The topological polar surface area (TPSA) is 75.2 Å². The van der Waals surface area contributed by atoms with E-state index in [9.17, 15) is 14.0 Å². The minimum atomic E-state index is -0.522. The van der Waals surface area contributed by atoms with Crippen molar-refractivity contribution in [1.82, 2.24) is 9.97 Å². The fourth-order valence-electron chi connectivity index (χ4n) is 3.92. The molecule has 0 saturated heterocycles. The number of pyridine rings is 1. The molecule has 6 nitrogen and oxygen atoms in total. The fourth-order valence-corrected chi connectivity index (χ4v) is 4.76. The SMILES string of the molecule is Cc1sc(NC(=O)c2cccnc2)nc1-c1ccc2c(c1)CCN2C(=O)c1ccccc1F. The number of aryl methyl sites for hydroxylation is 1. The lowest BCUT2D eigenvalue weighted by Crippen LogP contribution is -2.29. The number of hydrogen-bond acceptors (Lipinski definition) is 5. The van der Waals surface area contributed by atoms with Crippen molar-refractivity contribution >= 4 is 34.0 Å². The molecule has 0 bridgehead atoms. The van der Waals surface area contributed by atoms with Gasteiger partial charge in [-0.3, -0.25) is 19.9 Å². The van der Waals surface area contributed by atoms with Crippen molar-refractivity contribution in [3.8, 4) is 11.3 Å². The zero-order chi connectivity index (χ0) is 22.9. The summed E-state index contributed by atoms with van der Waals surface area (Å²) in [5.41, 5.74) is 4.01. The largest absolute Gasteiger partial charge is 0.308 e. The van der Waals surface area contributed by atoms with E-state index in [0.717, 1.165) is 27.4 Å². The highest BCUT2D eigenvalue weighted by atomic mass is 32.1. The molecule has 0 aliphatic carbocycles. The Morgan fingerprint density at radius 3 is 2.76 bits per heavy atom. The second-order valence-electron chi connectivity index (χ2n) is 7.65. The van der Waals surface area contributed by atoms with E-state index < -0.39 is 5.82 Å². The van der Waals surface area contributed by atoms with Gasteiger partial charge in [0.1, 0.15) is 5.82 Å². The molecule has 5 rings (SSSR count). The highest BCUT2D eigenvalue weighted by Crippen LogP contribution is 2.36. The van der Waals surface area contributed by atoms with E-state index in [1.807, 2.05) is 25.1 Å². The Kier molecular flexibility index (Phi) is 5.43. The number of halogens is 1. The number of thiazole rings is 1. The van der Waals surface area contributed by atoms with E-state index in [1.165, 1.54) is 29.7 Å². The van der Waals surface area contributed by atoms with Gasteiger partial charge in [-0.15, -0.1) is 11.3 Å². The highest BCUT2D eigenvalue weighted by molar-refractivity contribution is 7.16. The van der Waals surface area contributed by atoms with Gasteiger partial charge >= 0.3 is 0 Å². The lowest BCUT2D eigenvalue weighted by Gasteiger charge is -2.18. The summed E-state index contributed by atoms with van der Waals surface area (Å²) in [6.45, 7) is 2.45. The second-order valence-corrected chi connectivity index (χ2v) is 8.85. The monoisotopic (exact) mass is 458 g/mol. The number of rotatable bonds is 4. The third-order valence-electron chi connectivity index (χ3n) is 5.54. The number of anilines is 2. The van der Waals surface area contributed by atoms with Crippen molar-refractivity contribution in [2.75, 3.05) is 16.8 Å². The van der Waals surface area contributed by atoms with Gasteiger partial charge in [0, 0.05) is 35.1 Å². The molecule has 33 heavy (non-hydrogen) atoms. The summed E-state index contributed by atoms with van der Waals surface area (Å²) in [6.07, 6.45) is 3.80. The van der Waals surface area contributed by atoms with E-state index in [1.54, 1.807) is 35.4 Å². The van der Waals surface area contributed by atoms with Crippen LogP contribution in [-0.2, 0) is 6.42 Å². The molecule has 2 amide bonds. The Morgan fingerprint density at radius 1 is 1.12 bits per heavy atom. The maximum Gasteiger partial charge on any atom is 0.261 e. The quantitative estimate of drug-likeness (QED) is 0.461. The summed E-state index contributed by atoms with van der Waals surface area (Å²) >= 11 is 1.40. The average Bonchev–Trinajstić information content (AvgIpc) is 3.42. The number of nitrogens with one attached hydrogen (secondary N) is 1. The molecule has 0 fully saturated rings. The van der Waals surface area contributed by atoms with E-state index in [-0.39, 0.29) is 17.4 Å². The second kappa shape index (κ2) is 8.55.